The number of carbonyl (C=O) groups excluding carboxylic acids is 1. The van der Waals surface area contributed by atoms with Gasteiger partial charge in [0.1, 0.15) is 0 Å². The van der Waals surface area contributed by atoms with Crippen LogP contribution in [0.2, 0.25) is 0 Å². The predicted molar refractivity (Wildman–Crippen MR) is 81.8 cm³/mol. The van der Waals surface area contributed by atoms with Crippen molar-refractivity contribution < 1.29 is 4.79 Å². The monoisotopic (exact) mass is 275 g/mol. The third-order valence-corrected chi connectivity index (χ3v) is 4.00. The van der Waals surface area contributed by atoms with Crippen LogP contribution in [0, 0.1) is 0 Å². The highest BCUT2D eigenvalue weighted by molar-refractivity contribution is 5.94. The fourth-order valence-electron chi connectivity index (χ4n) is 2.36. The van der Waals surface area contributed by atoms with E-state index in [1.165, 1.54) is 12.8 Å². The lowest BCUT2D eigenvalue weighted by Crippen LogP contribution is -2.41. The van der Waals surface area contributed by atoms with Crippen LogP contribution in [-0.4, -0.2) is 43.0 Å². The van der Waals surface area contributed by atoms with E-state index in [1.807, 2.05) is 24.3 Å². The van der Waals surface area contributed by atoms with Crippen LogP contribution in [0.15, 0.2) is 24.3 Å². The van der Waals surface area contributed by atoms with Gasteiger partial charge in [-0.15, -0.1) is 0 Å². The highest BCUT2D eigenvalue weighted by atomic mass is 16.1. The second-order valence-electron chi connectivity index (χ2n) is 5.69. The molecule has 1 atom stereocenters. The van der Waals surface area contributed by atoms with Gasteiger partial charge in [0.25, 0.3) is 5.91 Å². The lowest BCUT2D eigenvalue weighted by molar-refractivity contribution is 0.0939. The van der Waals surface area contributed by atoms with E-state index in [0.29, 0.717) is 19.1 Å². The molecule has 1 aliphatic rings. The summed E-state index contributed by atoms with van der Waals surface area (Å²) in [5.74, 6) is -0.0000756. The summed E-state index contributed by atoms with van der Waals surface area (Å²) in [5.41, 5.74) is 7.38. The summed E-state index contributed by atoms with van der Waals surface area (Å²) in [5, 5.41) is 3.02. The van der Waals surface area contributed by atoms with Gasteiger partial charge in [0.2, 0.25) is 0 Å². The molecule has 1 aromatic carbocycles. The van der Waals surface area contributed by atoms with Gasteiger partial charge in [0, 0.05) is 24.2 Å². The number of carbonyl (C=O) groups is 1. The zero-order valence-electron chi connectivity index (χ0n) is 12.4. The van der Waals surface area contributed by atoms with Crippen LogP contribution in [0.4, 0.5) is 0 Å². The number of hydrogen-bond donors (Lipinski definition) is 2. The first-order chi connectivity index (χ1) is 9.61. The van der Waals surface area contributed by atoms with Gasteiger partial charge in [0.15, 0.2) is 0 Å². The average molecular weight is 275 g/mol. The summed E-state index contributed by atoms with van der Waals surface area (Å²) >= 11 is 0. The second kappa shape index (κ2) is 6.86. The van der Waals surface area contributed by atoms with Gasteiger partial charge < -0.3 is 11.1 Å². The zero-order chi connectivity index (χ0) is 14.5. The molecular formula is C16H25N3O. The van der Waals surface area contributed by atoms with E-state index in [4.69, 9.17) is 5.73 Å². The smallest absolute Gasteiger partial charge is 0.251 e. The van der Waals surface area contributed by atoms with Crippen LogP contribution >= 0.6 is 0 Å². The van der Waals surface area contributed by atoms with Crippen molar-refractivity contribution in [3.63, 3.8) is 0 Å². The topological polar surface area (TPSA) is 58.4 Å². The Balaban J connectivity index is 1.86. The first-order valence-electron chi connectivity index (χ1n) is 7.41. The number of amides is 1. The number of nitrogens with one attached hydrogen (secondary N) is 1. The second-order valence-corrected chi connectivity index (χ2v) is 5.69. The quantitative estimate of drug-likeness (QED) is 0.791. The van der Waals surface area contributed by atoms with E-state index >= 15 is 0 Å². The molecule has 110 valence electrons. The average Bonchev–Trinajstić information content (AvgIpc) is 3.29. The Morgan fingerprint density at radius 1 is 1.50 bits per heavy atom. The Labute approximate surface area is 121 Å². The fraction of sp³-hybridized carbons (Fsp3) is 0.562. The number of hydrogen-bond acceptors (Lipinski definition) is 3. The van der Waals surface area contributed by atoms with Gasteiger partial charge >= 0.3 is 0 Å². The minimum Gasteiger partial charge on any atom is -0.350 e. The van der Waals surface area contributed by atoms with E-state index in [1.54, 1.807) is 0 Å². The highest BCUT2D eigenvalue weighted by Gasteiger charge is 2.29. The van der Waals surface area contributed by atoms with Gasteiger partial charge in [-0.3, -0.25) is 9.69 Å². The number of benzene rings is 1. The molecule has 2 rings (SSSR count). The molecule has 1 saturated carbocycles. The Morgan fingerprint density at radius 2 is 2.25 bits per heavy atom. The summed E-state index contributed by atoms with van der Waals surface area (Å²) < 4.78 is 0. The Morgan fingerprint density at radius 3 is 2.90 bits per heavy atom. The third-order valence-electron chi connectivity index (χ3n) is 4.00. The molecule has 0 heterocycles. The molecule has 0 aliphatic heterocycles. The molecule has 3 N–H and O–H groups in total. The van der Waals surface area contributed by atoms with Crippen molar-refractivity contribution in [2.75, 3.05) is 20.1 Å². The van der Waals surface area contributed by atoms with Gasteiger partial charge in [-0.05, 0) is 57.5 Å². The molecule has 1 aromatic rings. The lowest BCUT2D eigenvalue weighted by Gasteiger charge is -2.24. The van der Waals surface area contributed by atoms with Crippen LogP contribution in [0.3, 0.4) is 0 Å². The zero-order valence-corrected chi connectivity index (χ0v) is 12.4. The molecule has 0 aromatic heterocycles. The van der Waals surface area contributed by atoms with Gasteiger partial charge in [-0.2, -0.15) is 0 Å². The third kappa shape index (κ3) is 4.05. The summed E-state index contributed by atoms with van der Waals surface area (Å²) in [6, 6.07) is 8.79. The van der Waals surface area contributed by atoms with E-state index in [2.05, 4.69) is 24.2 Å². The van der Waals surface area contributed by atoms with Crippen molar-refractivity contribution in [1.29, 1.82) is 0 Å². The summed E-state index contributed by atoms with van der Waals surface area (Å²) in [7, 11) is 2.14. The van der Waals surface area contributed by atoms with Crippen LogP contribution in [0.25, 0.3) is 0 Å². The number of likely N-dealkylation sites (N-methyl/N-ethyl adjacent to an activating group) is 1. The summed E-state index contributed by atoms with van der Waals surface area (Å²) in [6.07, 6.45) is 3.38. The first kappa shape index (κ1) is 15.0. The first-order valence-corrected chi connectivity index (χ1v) is 7.41. The maximum absolute atomic E-state index is 12.2. The van der Waals surface area contributed by atoms with Crippen molar-refractivity contribution in [2.24, 2.45) is 5.73 Å². The van der Waals surface area contributed by atoms with Crippen molar-refractivity contribution in [3.05, 3.63) is 35.4 Å². The van der Waals surface area contributed by atoms with Gasteiger partial charge in [0.05, 0.1) is 0 Å². The molecule has 4 nitrogen and oxygen atoms in total. The normalized spacial score (nSPS) is 16.2. The highest BCUT2D eigenvalue weighted by Crippen LogP contribution is 2.26. The van der Waals surface area contributed by atoms with Crippen LogP contribution in [0.1, 0.15) is 35.7 Å². The van der Waals surface area contributed by atoms with Crippen LogP contribution in [0.5, 0.6) is 0 Å². The molecule has 1 amide bonds. The molecule has 1 fully saturated rings. The molecule has 20 heavy (non-hydrogen) atoms. The minimum atomic E-state index is -0.0000756. The number of rotatable bonds is 7. The SMILES string of the molecule is CC(CNC(=O)c1cccc(CCN)c1)N(C)C1CC1. The van der Waals surface area contributed by atoms with Crippen molar-refractivity contribution in [3.8, 4) is 0 Å². The fourth-order valence-corrected chi connectivity index (χ4v) is 2.36. The molecule has 1 aliphatic carbocycles. The summed E-state index contributed by atoms with van der Waals surface area (Å²) in [4.78, 5) is 14.5. The molecule has 0 bridgehead atoms. The Hall–Kier alpha value is -1.39. The minimum absolute atomic E-state index is 0.0000756. The summed E-state index contributed by atoms with van der Waals surface area (Å²) in [6.45, 7) is 3.45. The number of nitrogens with two attached hydrogens (primary N) is 1. The van der Waals surface area contributed by atoms with Gasteiger partial charge in [-0.25, -0.2) is 0 Å². The van der Waals surface area contributed by atoms with Crippen molar-refractivity contribution >= 4 is 5.91 Å². The van der Waals surface area contributed by atoms with Crippen LogP contribution in [-0.2, 0) is 6.42 Å². The van der Waals surface area contributed by atoms with E-state index < -0.39 is 0 Å². The van der Waals surface area contributed by atoms with E-state index in [9.17, 15) is 4.79 Å². The number of nitrogens with zero attached hydrogens (tertiary/aromatic N) is 1. The van der Waals surface area contributed by atoms with E-state index in [-0.39, 0.29) is 5.91 Å². The van der Waals surface area contributed by atoms with Crippen molar-refractivity contribution in [2.45, 2.75) is 38.3 Å². The van der Waals surface area contributed by atoms with E-state index in [0.717, 1.165) is 23.6 Å². The molecule has 0 spiro atoms. The van der Waals surface area contributed by atoms with Crippen LogP contribution < -0.4 is 11.1 Å². The predicted octanol–water partition coefficient (Wildman–Crippen LogP) is 1.40. The lowest BCUT2D eigenvalue weighted by atomic mass is 10.1. The largest absolute Gasteiger partial charge is 0.350 e. The Bertz CT molecular complexity index is 457. The Kier molecular flexibility index (Phi) is 5.15. The standard InChI is InChI=1S/C16H25N3O/c1-12(19(2)15-6-7-15)11-18-16(20)14-5-3-4-13(10-14)8-9-17/h3-5,10,12,15H,6-9,11,17H2,1-2H3,(H,18,20). The maximum Gasteiger partial charge on any atom is 0.251 e. The molecule has 4 heteroatoms. The van der Waals surface area contributed by atoms with Gasteiger partial charge in [-0.1, -0.05) is 12.1 Å². The maximum atomic E-state index is 12.2. The molecular weight excluding hydrogens is 250 g/mol. The molecule has 1 unspecified atom stereocenters. The van der Waals surface area contributed by atoms with Crippen molar-refractivity contribution in [1.82, 2.24) is 10.2 Å². The molecule has 0 radical (unpaired) electrons. The molecule has 0 saturated heterocycles.